The van der Waals surface area contributed by atoms with Crippen molar-refractivity contribution in [3.63, 3.8) is 0 Å². The van der Waals surface area contributed by atoms with Crippen molar-refractivity contribution in [2.45, 2.75) is 19.4 Å². The molecule has 0 aliphatic rings. The first-order valence-corrected chi connectivity index (χ1v) is 5.24. The number of H-pyrrole nitrogens is 1. The Hall–Kier alpha value is -1.81. The van der Waals surface area contributed by atoms with E-state index >= 15 is 0 Å². The quantitative estimate of drug-likeness (QED) is 0.732. The maximum Gasteiger partial charge on any atom is 0.123 e. The number of benzene rings is 1. The van der Waals surface area contributed by atoms with Crippen molar-refractivity contribution in [1.29, 1.82) is 0 Å². The fourth-order valence-electron chi connectivity index (χ4n) is 1.72. The molecule has 1 heterocycles. The Morgan fingerprint density at radius 3 is 2.81 bits per heavy atom. The van der Waals surface area contributed by atoms with Crippen molar-refractivity contribution in [3.05, 3.63) is 36.2 Å². The molecule has 1 unspecified atom stereocenters. The molecule has 0 bridgehead atoms. The van der Waals surface area contributed by atoms with Gasteiger partial charge >= 0.3 is 0 Å². The van der Waals surface area contributed by atoms with E-state index in [0.29, 0.717) is 6.42 Å². The third kappa shape index (κ3) is 2.06. The lowest BCUT2D eigenvalue weighted by atomic mass is 10.0. The van der Waals surface area contributed by atoms with Crippen LogP contribution in [0.5, 0.6) is 5.75 Å². The molecule has 1 atom stereocenters. The molecule has 84 valence electrons. The van der Waals surface area contributed by atoms with Crippen molar-refractivity contribution < 1.29 is 5.11 Å². The van der Waals surface area contributed by atoms with E-state index in [2.05, 4.69) is 10.2 Å². The molecule has 2 aromatic rings. The maximum atomic E-state index is 9.77. The number of nitrogens with zero attached hydrogens (tertiary/aromatic N) is 1. The van der Waals surface area contributed by atoms with Gasteiger partial charge in [0.2, 0.25) is 0 Å². The summed E-state index contributed by atoms with van der Waals surface area (Å²) in [4.78, 5) is 0. The Bertz CT molecular complexity index is 477. The summed E-state index contributed by atoms with van der Waals surface area (Å²) in [5, 5.41) is 16.7. The molecule has 0 aliphatic heterocycles. The van der Waals surface area contributed by atoms with Gasteiger partial charge in [-0.25, -0.2) is 0 Å². The lowest BCUT2D eigenvalue weighted by Crippen LogP contribution is -2.18. The van der Waals surface area contributed by atoms with Crippen LogP contribution in [-0.2, 0) is 6.42 Å². The standard InChI is InChI=1S/C12H15N3O/c1-8(13)6-11-10(7-14-15-11)9-4-2-3-5-12(9)16/h2-5,7-8,16H,6,13H2,1H3,(H,14,15). The van der Waals surface area contributed by atoms with Crippen molar-refractivity contribution in [2.24, 2.45) is 5.73 Å². The number of hydrogen-bond acceptors (Lipinski definition) is 3. The Morgan fingerprint density at radius 2 is 2.12 bits per heavy atom. The lowest BCUT2D eigenvalue weighted by Gasteiger charge is -2.07. The molecule has 0 radical (unpaired) electrons. The number of aromatic amines is 1. The van der Waals surface area contributed by atoms with Crippen LogP contribution in [0.1, 0.15) is 12.6 Å². The molecule has 0 saturated carbocycles. The smallest absolute Gasteiger partial charge is 0.123 e. The second kappa shape index (κ2) is 4.37. The van der Waals surface area contributed by atoms with Gasteiger partial charge in [-0.05, 0) is 13.0 Å². The zero-order valence-corrected chi connectivity index (χ0v) is 9.14. The highest BCUT2D eigenvalue weighted by Crippen LogP contribution is 2.30. The van der Waals surface area contributed by atoms with Gasteiger partial charge in [0.05, 0.1) is 6.20 Å². The second-order valence-corrected chi connectivity index (χ2v) is 3.96. The van der Waals surface area contributed by atoms with Gasteiger partial charge in [0.25, 0.3) is 0 Å². The van der Waals surface area contributed by atoms with Gasteiger partial charge in [0, 0.05) is 29.3 Å². The van der Waals surface area contributed by atoms with Crippen LogP contribution in [0.3, 0.4) is 0 Å². The molecule has 2 rings (SSSR count). The van der Waals surface area contributed by atoms with E-state index in [1.165, 1.54) is 0 Å². The molecule has 4 nitrogen and oxygen atoms in total. The molecule has 0 fully saturated rings. The van der Waals surface area contributed by atoms with Gasteiger partial charge < -0.3 is 10.8 Å². The number of phenols is 1. The summed E-state index contributed by atoms with van der Waals surface area (Å²) >= 11 is 0. The highest BCUT2D eigenvalue weighted by Gasteiger charge is 2.11. The summed E-state index contributed by atoms with van der Waals surface area (Å²) < 4.78 is 0. The first-order valence-electron chi connectivity index (χ1n) is 5.24. The van der Waals surface area contributed by atoms with Gasteiger partial charge in [-0.1, -0.05) is 18.2 Å². The molecule has 16 heavy (non-hydrogen) atoms. The van der Waals surface area contributed by atoms with E-state index in [0.717, 1.165) is 16.8 Å². The van der Waals surface area contributed by atoms with Gasteiger partial charge in [0.15, 0.2) is 0 Å². The fraction of sp³-hybridized carbons (Fsp3) is 0.250. The van der Waals surface area contributed by atoms with E-state index in [1.54, 1.807) is 18.3 Å². The Balaban J connectivity index is 2.41. The van der Waals surface area contributed by atoms with Gasteiger partial charge in [-0.3, -0.25) is 5.10 Å². The number of nitrogens with one attached hydrogen (secondary N) is 1. The zero-order valence-electron chi connectivity index (χ0n) is 9.14. The first-order chi connectivity index (χ1) is 7.68. The van der Waals surface area contributed by atoms with Crippen molar-refractivity contribution in [3.8, 4) is 16.9 Å². The number of rotatable bonds is 3. The highest BCUT2D eigenvalue weighted by atomic mass is 16.3. The minimum absolute atomic E-state index is 0.0602. The van der Waals surface area contributed by atoms with Gasteiger partial charge in [0.1, 0.15) is 5.75 Å². The number of phenolic OH excluding ortho intramolecular Hbond substituents is 1. The molecular weight excluding hydrogens is 202 g/mol. The van der Waals surface area contributed by atoms with Crippen LogP contribution >= 0.6 is 0 Å². The fourth-order valence-corrected chi connectivity index (χ4v) is 1.72. The predicted molar refractivity (Wildman–Crippen MR) is 63.0 cm³/mol. The van der Waals surface area contributed by atoms with E-state index in [-0.39, 0.29) is 11.8 Å². The summed E-state index contributed by atoms with van der Waals surface area (Å²) in [7, 11) is 0. The zero-order chi connectivity index (χ0) is 11.5. The van der Waals surface area contributed by atoms with E-state index in [9.17, 15) is 5.11 Å². The van der Waals surface area contributed by atoms with Crippen LogP contribution in [-0.4, -0.2) is 21.3 Å². The molecular formula is C12H15N3O. The molecule has 0 spiro atoms. The van der Waals surface area contributed by atoms with E-state index in [1.807, 2.05) is 19.1 Å². The second-order valence-electron chi connectivity index (χ2n) is 3.96. The van der Waals surface area contributed by atoms with Crippen LogP contribution in [0.15, 0.2) is 30.5 Å². The summed E-state index contributed by atoms with van der Waals surface area (Å²) in [5.74, 6) is 0.259. The topological polar surface area (TPSA) is 74.9 Å². The van der Waals surface area contributed by atoms with Crippen molar-refractivity contribution >= 4 is 0 Å². The Labute approximate surface area is 94.1 Å². The van der Waals surface area contributed by atoms with E-state index in [4.69, 9.17) is 5.73 Å². The van der Waals surface area contributed by atoms with Crippen LogP contribution in [0.4, 0.5) is 0 Å². The Morgan fingerprint density at radius 1 is 1.38 bits per heavy atom. The van der Waals surface area contributed by atoms with Crippen LogP contribution in [0.25, 0.3) is 11.1 Å². The minimum Gasteiger partial charge on any atom is -0.507 e. The lowest BCUT2D eigenvalue weighted by molar-refractivity contribution is 0.477. The molecule has 4 N–H and O–H groups in total. The number of aromatic hydroxyl groups is 1. The normalized spacial score (nSPS) is 12.6. The number of hydrogen-bond donors (Lipinski definition) is 3. The third-order valence-electron chi connectivity index (χ3n) is 2.44. The van der Waals surface area contributed by atoms with Crippen LogP contribution < -0.4 is 5.73 Å². The van der Waals surface area contributed by atoms with E-state index < -0.39 is 0 Å². The van der Waals surface area contributed by atoms with Crippen molar-refractivity contribution in [1.82, 2.24) is 10.2 Å². The maximum absolute atomic E-state index is 9.77. The third-order valence-corrected chi connectivity index (χ3v) is 2.44. The number of aromatic nitrogens is 2. The minimum atomic E-state index is 0.0602. The molecule has 0 amide bonds. The van der Waals surface area contributed by atoms with Crippen LogP contribution in [0, 0.1) is 0 Å². The van der Waals surface area contributed by atoms with Crippen molar-refractivity contribution in [2.75, 3.05) is 0 Å². The molecule has 1 aromatic heterocycles. The molecule has 0 saturated heterocycles. The molecule has 4 heteroatoms. The highest BCUT2D eigenvalue weighted by molar-refractivity contribution is 5.71. The average molecular weight is 217 g/mol. The number of nitrogens with two attached hydrogens (primary N) is 1. The summed E-state index contributed by atoms with van der Waals surface area (Å²) in [5.41, 5.74) is 8.41. The summed E-state index contributed by atoms with van der Waals surface area (Å²) in [6.45, 7) is 1.94. The SMILES string of the molecule is CC(N)Cc1[nH]ncc1-c1ccccc1O. The molecule has 1 aromatic carbocycles. The summed E-state index contributed by atoms with van der Waals surface area (Å²) in [6, 6.07) is 7.27. The average Bonchev–Trinajstić information content (AvgIpc) is 2.66. The Kier molecular flexibility index (Phi) is 2.92. The summed E-state index contributed by atoms with van der Waals surface area (Å²) in [6.07, 6.45) is 2.43. The predicted octanol–water partition coefficient (Wildman–Crippen LogP) is 1.67. The molecule has 0 aliphatic carbocycles. The van der Waals surface area contributed by atoms with Gasteiger partial charge in [-0.2, -0.15) is 5.10 Å². The first kappa shape index (κ1) is 10.7. The largest absolute Gasteiger partial charge is 0.507 e. The monoisotopic (exact) mass is 217 g/mol. The number of para-hydroxylation sites is 1. The van der Waals surface area contributed by atoms with Gasteiger partial charge in [-0.15, -0.1) is 0 Å². The van der Waals surface area contributed by atoms with Crippen LogP contribution in [0.2, 0.25) is 0 Å².